The fraction of sp³-hybridized carbons (Fsp3) is 0.200. The summed E-state index contributed by atoms with van der Waals surface area (Å²) in [6.07, 6.45) is 8.08. The number of hydrogen-bond acceptors (Lipinski definition) is 5. The summed E-state index contributed by atoms with van der Waals surface area (Å²) in [4.78, 5) is 17.6. The van der Waals surface area contributed by atoms with Gasteiger partial charge in [-0.2, -0.15) is 0 Å². The Hall–Kier alpha value is -3.04. The number of aromatic nitrogens is 1. The fourth-order valence-corrected chi connectivity index (χ4v) is 5.35. The van der Waals surface area contributed by atoms with E-state index in [4.69, 9.17) is 16.7 Å². The number of carbonyl (C=O) groups is 1. The Bertz CT molecular complexity index is 1260. The van der Waals surface area contributed by atoms with E-state index in [-0.39, 0.29) is 22.5 Å². The number of nitrogens with one attached hydrogen (secondary N) is 1. The zero-order chi connectivity index (χ0) is 24.1. The average Bonchev–Trinajstić information content (AvgIpc) is 3.19. The van der Waals surface area contributed by atoms with Crippen molar-refractivity contribution in [2.45, 2.75) is 29.9 Å². The lowest BCUT2D eigenvalue weighted by atomic mass is 10.1. The largest absolute Gasteiger partial charge is 0.478 e. The Labute approximate surface area is 203 Å². The van der Waals surface area contributed by atoms with E-state index in [2.05, 4.69) is 14.6 Å². The molecule has 4 rings (SSSR count). The van der Waals surface area contributed by atoms with E-state index in [1.54, 1.807) is 48.8 Å². The Balaban J connectivity index is 1.51. The van der Waals surface area contributed by atoms with Gasteiger partial charge < -0.3 is 5.11 Å². The molecule has 34 heavy (non-hydrogen) atoms. The highest BCUT2D eigenvalue weighted by atomic mass is 35.5. The number of sulfonamides is 1. The van der Waals surface area contributed by atoms with Gasteiger partial charge in [-0.3, -0.25) is 9.88 Å². The highest BCUT2D eigenvalue weighted by Gasteiger charge is 2.33. The van der Waals surface area contributed by atoms with Gasteiger partial charge in [0.2, 0.25) is 10.0 Å². The normalized spacial score (nSPS) is 19.0. The number of nitrogens with zero attached hydrogens (tertiary/aromatic N) is 2. The first-order chi connectivity index (χ1) is 16.3. The van der Waals surface area contributed by atoms with Gasteiger partial charge in [-0.15, -0.1) is 0 Å². The van der Waals surface area contributed by atoms with Gasteiger partial charge >= 0.3 is 5.97 Å². The van der Waals surface area contributed by atoms with E-state index in [9.17, 15) is 13.2 Å². The first kappa shape index (κ1) is 24.1. The summed E-state index contributed by atoms with van der Waals surface area (Å²) in [5.41, 5.74) is 2.14. The van der Waals surface area contributed by atoms with Gasteiger partial charge in [-0.1, -0.05) is 42.0 Å². The van der Waals surface area contributed by atoms with Gasteiger partial charge in [0.1, 0.15) is 0 Å². The van der Waals surface area contributed by atoms with Crippen LogP contribution < -0.4 is 4.72 Å². The first-order valence-corrected chi connectivity index (χ1v) is 12.6. The smallest absolute Gasteiger partial charge is 0.335 e. The molecule has 0 bridgehead atoms. The van der Waals surface area contributed by atoms with Crippen LogP contribution in [0.15, 0.2) is 84.0 Å². The van der Waals surface area contributed by atoms with Crippen LogP contribution in [0.25, 0.3) is 6.08 Å². The average molecular weight is 498 g/mol. The highest BCUT2D eigenvalue weighted by Crippen LogP contribution is 2.24. The molecular formula is C25H24ClN3O4S. The van der Waals surface area contributed by atoms with Gasteiger partial charge in [0, 0.05) is 42.6 Å². The van der Waals surface area contributed by atoms with Crippen LogP contribution in [0.3, 0.4) is 0 Å². The van der Waals surface area contributed by atoms with Crippen molar-refractivity contribution in [1.29, 1.82) is 0 Å². The van der Waals surface area contributed by atoms with E-state index >= 15 is 0 Å². The number of aromatic carboxylic acids is 1. The van der Waals surface area contributed by atoms with E-state index in [1.165, 1.54) is 12.1 Å². The number of halogens is 1. The molecule has 1 aliphatic rings. The van der Waals surface area contributed by atoms with Crippen LogP contribution in [0.5, 0.6) is 0 Å². The zero-order valence-electron chi connectivity index (χ0n) is 18.2. The number of likely N-dealkylation sites (tertiary alicyclic amines) is 1. The highest BCUT2D eigenvalue weighted by molar-refractivity contribution is 7.89. The van der Waals surface area contributed by atoms with Crippen molar-refractivity contribution in [2.75, 3.05) is 6.54 Å². The second-order valence-corrected chi connectivity index (χ2v) is 10.3. The molecule has 1 saturated heterocycles. The standard InChI is InChI=1S/C25H24ClN3O4S/c26-21-8-11-24(12-9-21)34(32,33)28-22-14-23(29(17-22)16-19-2-1-13-27-15-19)10-5-18-3-6-20(7-4-18)25(30)31/h1-13,15,22-23,28H,14,16-17H2,(H,30,31)/t22-,23-/m1/s1. The molecule has 2 atom stereocenters. The summed E-state index contributed by atoms with van der Waals surface area (Å²) >= 11 is 5.89. The van der Waals surface area contributed by atoms with Crippen LogP contribution in [0.2, 0.25) is 5.02 Å². The molecule has 7 nitrogen and oxygen atoms in total. The second-order valence-electron chi connectivity index (χ2n) is 8.15. The molecule has 2 heterocycles. The van der Waals surface area contributed by atoms with E-state index in [0.29, 0.717) is 24.5 Å². The molecule has 176 valence electrons. The predicted octanol–water partition coefficient (Wildman–Crippen LogP) is 4.07. The van der Waals surface area contributed by atoms with Crippen LogP contribution >= 0.6 is 11.6 Å². The number of pyridine rings is 1. The summed E-state index contributed by atoms with van der Waals surface area (Å²) in [6.45, 7) is 1.16. The predicted molar refractivity (Wildman–Crippen MR) is 131 cm³/mol. The molecular weight excluding hydrogens is 474 g/mol. The molecule has 2 N–H and O–H groups in total. The van der Waals surface area contributed by atoms with Crippen molar-refractivity contribution in [2.24, 2.45) is 0 Å². The van der Waals surface area contributed by atoms with Crippen LogP contribution in [0.4, 0.5) is 0 Å². The maximum Gasteiger partial charge on any atom is 0.335 e. The van der Waals surface area contributed by atoms with Crippen molar-refractivity contribution in [3.05, 3.63) is 101 Å². The molecule has 1 aromatic heterocycles. The summed E-state index contributed by atoms with van der Waals surface area (Å²) in [5.74, 6) is -0.968. The van der Waals surface area contributed by atoms with E-state index in [1.807, 2.05) is 24.3 Å². The van der Waals surface area contributed by atoms with E-state index in [0.717, 1.165) is 11.1 Å². The molecule has 0 unspecified atom stereocenters. The van der Waals surface area contributed by atoms with Gasteiger partial charge in [0.15, 0.2) is 0 Å². The summed E-state index contributed by atoms with van der Waals surface area (Å²) in [6, 6.07) is 16.3. The van der Waals surface area contributed by atoms with Crippen molar-refractivity contribution in [3.63, 3.8) is 0 Å². The molecule has 9 heteroatoms. The molecule has 0 aliphatic carbocycles. The van der Waals surface area contributed by atoms with Crippen molar-refractivity contribution >= 4 is 33.7 Å². The van der Waals surface area contributed by atoms with Crippen molar-refractivity contribution < 1.29 is 18.3 Å². The maximum atomic E-state index is 12.9. The quantitative estimate of drug-likeness (QED) is 0.486. The van der Waals surface area contributed by atoms with Crippen LogP contribution in [-0.4, -0.2) is 48.0 Å². The summed E-state index contributed by atoms with van der Waals surface area (Å²) in [7, 11) is -3.69. The molecule has 0 spiro atoms. The first-order valence-electron chi connectivity index (χ1n) is 10.7. The topological polar surface area (TPSA) is 99.6 Å². The molecule has 1 aliphatic heterocycles. The van der Waals surface area contributed by atoms with Gasteiger partial charge in [0.05, 0.1) is 10.5 Å². The third-order valence-electron chi connectivity index (χ3n) is 5.67. The van der Waals surface area contributed by atoms with Crippen molar-refractivity contribution in [1.82, 2.24) is 14.6 Å². The minimum atomic E-state index is -3.69. The fourth-order valence-electron chi connectivity index (χ4n) is 3.99. The number of benzene rings is 2. The molecule has 0 radical (unpaired) electrons. The van der Waals surface area contributed by atoms with Gasteiger partial charge in [-0.05, 0) is 60.0 Å². The number of rotatable bonds is 8. The molecule has 2 aromatic carbocycles. The maximum absolute atomic E-state index is 12.9. The van der Waals surface area contributed by atoms with E-state index < -0.39 is 16.0 Å². The molecule has 0 saturated carbocycles. The summed E-state index contributed by atoms with van der Waals surface area (Å²) < 4.78 is 28.6. The number of carboxylic acid groups (broad SMARTS) is 1. The van der Waals surface area contributed by atoms with Gasteiger partial charge in [0.25, 0.3) is 0 Å². The Morgan fingerprint density at radius 3 is 2.53 bits per heavy atom. The van der Waals surface area contributed by atoms with Gasteiger partial charge in [-0.25, -0.2) is 17.9 Å². The molecule has 3 aromatic rings. The third kappa shape index (κ3) is 6.09. The SMILES string of the molecule is O=C(O)c1ccc(C=C[C@@H]2C[C@@H](NS(=O)(=O)c3ccc(Cl)cc3)CN2Cc2cccnc2)cc1. The number of carboxylic acids is 1. The molecule has 0 amide bonds. The Morgan fingerprint density at radius 1 is 1.15 bits per heavy atom. The minimum Gasteiger partial charge on any atom is -0.478 e. The van der Waals surface area contributed by atoms with Crippen LogP contribution in [0.1, 0.15) is 27.9 Å². The lowest BCUT2D eigenvalue weighted by Gasteiger charge is -2.21. The summed E-state index contributed by atoms with van der Waals surface area (Å²) in [5, 5.41) is 9.55. The third-order valence-corrected chi connectivity index (χ3v) is 7.46. The second kappa shape index (κ2) is 10.5. The lowest BCUT2D eigenvalue weighted by molar-refractivity contribution is 0.0697. The Morgan fingerprint density at radius 2 is 1.88 bits per heavy atom. The lowest BCUT2D eigenvalue weighted by Crippen LogP contribution is -2.37. The van der Waals surface area contributed by atoms with Crippen LogP contribution in [0, 0.1) is 0 Å². The Kier molecular flexibility index (Phi) is 7.43. The number of hydrogen-bond donors (Lipinski definition) is 2. The van der Waals surface area contributed by atoms with Crippen LogP contribution in [-0.2, 0) is 16.6 Å². The minimum absolute atomic E-state index is 0.0164. The zero-order valence-corrected chi connectivity index (χ0v) is 19.8. The molecule has 1 fully saturated rings. The van der Waals surface area contributed by atoms with Crippen molar-refractivity contribution in [3.8, 4) is 0 Å². The monoisotopic (exact) mass is 497 g/mol.